The summed E-state index contributed by atoms with van der Waals surface area (Å²) in [6, 6.07) is 4.19. The molecule has 0 saturated carbocycles. The SMILES string of the molecule is Cc1cc(-c2cc(C(=O)N3CCN(CC(=O)NC(C)(C)C)CC3)c3cnn(C(C)C)c3n2)c(C)s1. The Morgan fingerprint density at radius 2 is 1.80 bits per heavy atom. The van der Waals surface area contributed by atoms with Gasteiger partial charge in [-0.2, -0.15) is 5.10 Å². The first-order valence-corrected chi connectivity index (χ1v) is 13.0. The first kappa shape index (κ1) is 25.3. The molecule has 0 aromatic carbocycles. The van der Waals surface area contributed by atoms with Gasteiger partial charge in [-0.25, -0.2) is 9.67 Å². The van der Waals surface area contributed by atoms with Gasteiger partial charge in [0.25, 0.3) is 5.91 Å². The molecule has 3 aromatic rings. The Kier molecular flexibility index (Phi) is 7.02. The molecule has 188 valence electrons. The summed E-state index contributed by atoms with van der Waals surface area (Å²) in [7, 11) is 0. The van der Waals surface area contributed by atoms with Crippen LogP contribution in [0.3, 0.4) is 0 Å². The zero-order valence-electron chi connectivity index (χ0n) is 21.8. The molecule has 1 aliphatic heterocycles. The van der Waals surface area contributed by atoms with Gasteiger partial charge in [-0.3, -0.25) is 14.5 Å². The fourth-order valence-corrected chi connectivity index (χ4v) is 5.47. The van der Waals surface area contributed by atoms with E-state index in [-0.39, 0.29) is 23.4 Å². The molecular formula is C26H36N6O2S. The van der Waals surface area contributed by atoms with Crippen LogP contribution in [-0.2, 0) is 4.79 Å². The minimum Gasteiger partial charge on any atom is -0.350 e. The van der Waals surface area contributed by atoms with E-state index in [2.05, 4.69) is 49.1 Å². The Hall–Kier alpha value is -2.78. The Balaban J connectivity index is 1.59. The summed E-state index contributed by atoms with van der Waals surface area (Å²) in [4.78, 5) is 37.4. The zero-order chi connectivity index (χ0) is 25.5. The van der Waals surface area contributed by atoms with Gasteiger partial charge in [0.05, 0.1) is 29.4 Å². The van der Waals surface area contributed by atoms with Crippen LogP contribution in [0.2, 0.25) is 0 Å². The summed E-state index contributed by atoms with van der Waals surface area (Å²) >= 11 is 1.74. The molecule has 0 spiro atoms. The molecule has 4 heterocycles. The highest BCUT2D eigenvalue weighted by Crippen LogP contribution is 2.33. The molecule has 4 rings (SSSR count). The molecular weight excluding hydrogens is 460 g/mol. The Morgan fingerprint density at radius 1 is 1.11 bits per heavy atom. The highest BCUT2D eigenvalue weighted by molar-refractivity contribution is 7.12. The van der Waals surface area contributed by atoms with Crippen molar-refractivity contribution in [1.29, 1.82) is 0 Å². The van der Waals surface area contributed by atoms with Crippen LogP contribution >= 0.6 is 11.3 Å². The van der Waals surface area contributed by atoms with Gasteiger partial charge in [-0.05, 0) is 60.6 Å². The number of rotatable bonds is 5. The van der Waals surface area contributed by atoms with Gasteiger partial charge in [0.2, 0.25) is 5.91 Å². The molecule has 1 saturated heterocycles. The van der Waals surface area contributed by atoms with Crippen LogP contribution in [-0.4, -0.2) is 74.6 Å². The molecule has 2 amide bonds. The first-order valence-electron chi connectivity index (χ1n) is 12.2. The van der Waals surface area contributed by atoms with Crippen molar-refractivity contribution in [3.63, 3.8) is 0 Å². The minimum absolute atomic E-state index is 0.00893. The van der Waals surface area contributed by atoms with Crippen molar-refractivity contribution in [2.75, 3.05) is 32.7 Å². The third-order valence-electron chi connectivity index (χ3n) is 6.14. The maximum atomic E-state index is 13.7. The van der Waals surface area contributed by atoms with Crippen LogP contribution < -0.4 is 5.32 Å². The maximum Gasteiger partial charge on any atom is 0.254 e. The molecule has 1 N–H and O–H groups in total. The number of pyridine rings is 1. The molecule has 35 heavy (non-hydrogen) atoms. The maximum absolute atomic E-state index is 13.7. The Labute approximate surface area is 211 Å². The fraction of sp³-hybridized carbons (Fsp3) is 0.538. The van der Waals surface area contributed by atoms with Crippen molar-refractivity contribution in [1.82, 2.24) is 29.9 Å². The topological polar surface area (TPSA) is 83.4 Å². The van der Waals surface area contributed by atoms with E-state index in [1.165, 1.54) is 9.75 Å². The van der Waals surface area contributed by atoms with Crippen LogP contribution in [0.15, 0.2) is 18.3 Å². The Bertz CT molecular complexity index is 1240. The van der Waals surface area contributed by atoms with Crippen molar-refractivity contribution < 1.29 is 9.59 Å². The number of carbonyl (C=O) groups excluding carboxylic acids is 2. The van der Waals surface area contributed by atoms with E-state index >= 15 is 0 Å². The summed E-state index contributed by atoms with van der Waals surface area (Å²) < 4.78 is 1.88. The molecule has 3 aromatic heterocycles. The summed E-state index contributed by atoms with van der Waals surface area (Å²) in [6.07, 6.45) is 1.76. The minimum atomic E-state index is -0.251. The average molecular weight is 497 g/mol. The third-order valence-corrected chi connectivity index (χ3v) is 7.11. The largest absolute Gasteiger partial charge is 0.350 e. The third kappa shape index (κ3) is 5.56. The van der Waals surface area contributed by atoms with Crippen molar-refractivity contribution in [2.24, 2.45) is 0 Å². The molecule has 0 radical (unpaired) electrons. The van der Waals surface area contributed by atoms with Crippen LogP contribution in [0, 0.1) is 13.8 Å². The number of piperazine rings is 1. The van der Waals surface area contributed by atoms with E-state index < -0.39 is 0 Å². The molecule has 0 unspecified atom stereocenters. The number of carbonyl (C=O) groups is 2. The van der Waals surface area contributed by atoms with Crippen molar-refractivity contribution in [3.05, 3.63) is 33.6 Å². The van der Waals surface area contributed by atoms with Gasteiger partial charge in [0.1, 0.15) is 0 Å². The molecule has 0 atom stereocenters. The first-order chi connectivity index (χ1) is 16.4. The van der Waals surface area contributed by atoms with Crippen LogP contribution in [0.25, 0.3) is 22.3 Å². The lowest BCUT2D eigenvalue weighted by Gasteiger charge is -2.35. The molecule has 0 bridgehead atoms. The number of hydrogen-bond acceptors (Lipinski definition) is 6. The summed E-state index contributed by atoms with van der Waals surface area (Å²) in [5, 5.41) is 8.34. The molecule has 0 aliphatic carbocycles. The molecule has 9 heteroatoms. The van der Waals surface area contributed by atoms with E-state index in [0.29, 0.717) is 38.3 Å². The summed E-state index contributed by atoms with van der Waals surface area (Å²) in [5.74, 6) is 0.00522. The number of amides is 2. The Morgan fingerprint density at radius 3 is 2.37 bits per heavy atom. The number of hydrogen-bond donors (Lipinski definition) is 1. The summed E-state index contributed by atoms with van der Waals surface area (Å²) in [5.41, 5.74) is 3.00. The number of fused-ring (bicyclic) bond motifs is 1. The zero-order valence-corrected chi connectivity index (χ0v) is 22.6. The van der Waals surface area contributed by atoms with E-state index in [1.54, 1.807) is 17.5 Å². The molecule has 1 aliphatic rings. The normalized spacial score (nSPS) is 15.3. The van der Waals surface area contributed by atoms with E-state index in [1.807, 2.05) is 36.4 Å². The lowest BCUT2D eigenvalue weighted by atomic mass is 10.1. The molecule has 1 fully saturated rings. The quantitative estimate of drug-likeness (QED) is 0.577. The van der Waals surface area contributed by atoms with Crippen molar-refractivity contribution in [3.8, 4) is 11.3 Å². The summed E-state index contributed by atoms with van der Waals surface area (Å²) in [6.45, 7) is 17.1. The van der Waals surface area contributed by atoms with Gasteiger partial charge >= 0.3 is 0 Å². The number of nitrogens with zero attached hydrogens (tertiary/aromatic N) is 5. The highest BCUT2D eigenvalue weighted by Gasteiger charge is 2.27. The number of aromatic nitrogens is 3. The van der Waals surface area contributed by atoms with Gasteiger partial charge in [-0.15, -0.1) is 11.3 Å². The fourth-order valence-electron chi connectivity index (χ4n) is 4.54. The van der Waals surface area contributed by atoms with E-state index in [4.69, 9.17) is 4.98 Å². The van der Waals surface area contributed by atoms with Crippen LogP contribution in [0.5, 0.6) is 0 Å². The monoisotopic (exact) mass is 496 g/mol. The highest BCUT2D eigenvalue weighted by atomic mass is 32.1. The van der Waals surface area contributed by atoms with Gasteiger partial charge in [0.15, 0.2) is 5.65 Å². The van der Waals surface area contributed by atoms with E-state index in [9.17, 15) is 9.59 Å². The lowest BCUT2D eigenvalue weighted by molar-refractivity contribution is -0.124. The number of aryl methyl sites for hydroxylation is 2. The van der Waals surface area contributed by atoms with Crippen LogP contribution in [0.1, 0.15) is 60.8 Å². The second-order valence-corrected chi connectivity index (χ2v) is 12.1. The average Bonchev–Trinajstić information content (AvgIpc) is 3.34. The number of nitrogens with one attached hydrogen (secondary N) is 1. The van der Waals surface area contributed by atoms with Crippen molar-refractivity contribution in [2.45, 2.75) is 60.0 Å². The van der Waals surface area contributed by atoms with Gasteiger partial charge < -0.3 is 10.2 Å². The standard InChI is InChI=1S/C26H36N6O2S/c1-16(2)32-24-21(14-27-32)20(13-22(28-24)19-12-17(3)35-18(19)4)25(34)31-10-8-30(9-11-31)15-23(33)29-26(5,6)7/h12-14,16H,8-11,15H2,1-7H3,(H,29,33). The smallest absolute Gasteiger partial charge is 0.254 e. The second kappa shape index (κ2) is 9.70. The molecule has 8 nitrogen and oxygen atoms in total. The van der Waals surface area contributed by atoms with Crippen LogP contribution in [0.4, 0.5) is 0 Å². The van der Waals surface area contributed by atoms with Gasteiger partial charge in [0, 0.05) is 53.1 Å². The predicted octanol–water partition coefficient (Wildman–Crippen LogP) is 4.03. The van der Waals surface area contributed by atoms with Crippen molar-refractivity contribution >= 4 is 34.2 Å². The van der Waals surface area contributed by atoms with Gasteiger partial charge in [-0.1, -0.05) is 0 Å². The lowest BCUT2D eigenvalue weighted by Crippen LogP contribution is -2.52. The predicted molar refractivity (Wildman–Crippen MR) is 141 cm³/mol. The second-order valence-electron chi connectivity index (χ2n) is 10.7. The van der Waals surface area contributed by atoms with E-state index in [0.717, 1.165) is 22.3 Å². The number of thiophene rings is 1.